The number of nitriles is 1. The van der Waals surface area contributed by atoms with Crippen LogP contribution >= 0.6 is 0 Å². The van der Waals surface area contributed by atoms with Crippen molar-refractivity contribution in [3.05, 3.63) is 42.0 Å². The minimum atomic E-state index is 0.714. The lowest BCUT2D eigenvalue weighted by molar-refractivity contribution is 1.43. The van der Waals surface area contributed by atoms with Gasteiger partial charge in [-0.3, -0.25) is 0 Å². The van der Waals surface area contributed by atoms with Crippen LogP contribution in [0, 0.1) is 11.5 Å². The first-order valence-corrected chi connectivity index (χ1v) is 3.99. The van der Waals surface area contributed by atoms with Crippen molar-refractivity contribution < 1.29 is 0 Å². The molecule has 0 aliphatic carbocycles. The smallest absolute Gasteiger partial charge is 0.179 e. The van der Waals surface area contributed by atoms with E-state index in [4.69, 9.17) is 5.26 Å². The standard InChI is InChI=1S/C11H10N2/c1-10(13-9-12)7-8-11-5-3-2-4-6-11/h2-8H,1H3/b8-7+,13-10?. The van der Waals surface area contributed by atoms with Crippen LogP contribution in [0.15, 0.2) is 41.4 Å². The Morgan fingerprint density at radius 3 is 2.69 bits per heavy atom. The van der Waals surface area contributed by atoms with Crippen molar-refractivity contribution in [2.75, 3.05) is 0 Å². The van der Waals surface area contributed by atoms with Gasteiger partial charge in [0.2, 0.25) is 6.19 Å². The molecule has 0 bridgehead atoms. The van der Waals surface area contributed by atoms with Gasteiger partial charge in [0.05, 0.1) is 5.71 Å². The van der Waals surface area contributed by atoms with Gasteiger partial charge in [-0.25, -0.2) is 0 Å². The zero-order valence-electron chi connectivity index (χ0n) is 7.44. The maximum absolute atomic E-state index is 8.26. The fourth-order valence-electron chi connectivity index (χ4n) is 0.897. The summed E-state index contributed by atoms with van der Waals surface area (Å²) in [6.07, 6.45) is 5.49. The van der Waals surface area contributed by atoms with Gasteiger partial charge < -0.3 is 0 Å². The molecule has 0 radical (unpaired) electrons. The third-order valence-electron chi connectivity index (χ3n) is 1.54. The summed E-state index contributed by atoms with van der Waals surface area (Å²) in [6, 6.07) is 9.90. The van der Waals surface area contributed by atoms with Crippen molar-refractivity contribution >= 4 is 11.8 Å². The lowest BCUT2D eigenvalue weighted by Crippen LogP contribution is -1.81. The highest BCUT2D eigenvalue weighted by molar-refractivity contribution is 5.96. The Balaban J connectivity index is 2.71. The minimum absolute atomic E-state index is 0.714. The molecule has 0 aliphatic heterocycles. The average molecular weight is 170 g/mol. The number of nitrogens with zero attached hydrogens (tertiary/aromatic N) is 2. The number of hydrogen-bond acceptors (Lipinski definition) is 2. The maximum atomic E-state index is 8.26. The lowest BCUT2D eigenvalue weighted by atomic mass is 10.2. The molecule has 0 aromatic heterocycles. The highest BCUT2D eigenvalue weighted by Gasteiger charge is 1.84. The molecule has 0 atom stereocenters. The predicted molar refractivity (Wildman–Crippen MR) is 54.2 cm³/mol. The Hall–Kier alpha value is -1.88. The van der Waals surface area contributed by atoms with Crippen molar-refractivity contribution in [2.45, 2.75) is 6.92 Å². The summed E-state index contributed by atoms with van der Waals surface area (Å²) < 4.78 is 0. The number of rotatable bonds is 2. The second-order valence-corrected chi connectivity index (χ2v) is 2.60. The van der Waals surface area contributed by atoms with Crippen molar-refractivity contribution in [1.82, 2.24) is 0 Å². The van der Waals surface area contributed by atoms with Crippen LogP contribution < -0.4 is 0 Å². The second kappa shape index (κ2) is 4.89. The third-order valence-corrected chi connectivity index (χ3v) is 1.54. The molecule has 13 heavy (non-hydrogen) atoms. The van der Waals surface area contributed by atoms with Crippen molar-refractivity contribution in [3.63, 3.8) is 0 Å². The molecule has 1 rings (SSSR count). The summed E-state index contributed by atoms with van der Waals surface area (Å²) in [5.41, 5.74) is 1.82. The monoisotopic (exact) mass is 170 g/mol. The van der Waals surface area contributed by atoms with Gasteiger partial charge in [-0.15, -0.1) is 0 Å². The Morgan fingerprint density at radius 2 is 2.08 bits per heavy atom. The van der Waals surface area contributed by atoms with Gasteiger partial charge in [0.25, 0.3) is 0 Å². The average Bonchev–Trinajstić information content (AvgIpc) is 2.17. The molecule has 1 aromatic carbocycles. The van der Waals surface area contributed by atoms with E-state index in [9.17, 15) is 0 Å². The van der Waals surface area contributed by atoms with Crippen molar-refractivity contribution in [2.24, 2.45) is 4.99 Å². The van der Waals surface area contributed by atoms with Gasteiger partial charge >= 0.3 is 0 Å². The molecule has 0 aliphatic rings. The topological polar surface area (TPSA) is 36.1 Å². The molecule has 0 heterocycles. The van der Waals surface area contributed by atoms with Gasteiger partial charge in [0, 0.05) is 0 Å². The quantitative estimate of drug-likeness (QED) is 0.496. The van der Waals surface area contributed by atoms with Crippen LogP contribution in [0.4, 0.5) is 0 Å². The summed E-state index contributed by atoms with van der Waals surface area (Å²) in [4.78, 5) is 3.58. The van der Waals surface area contributed by atoms with E-state index in [0.717, 1.165) is 5.56 Å². The number of allylic oxidation sites excluding steroid dienone is 1. The Kier molecular flexibility index (Phi) is 3.46. The fourth-order valence-corrected chi connectivity index (χ4v) is 0.897. The molecule has 0 saturated heterocycles. The maximum Gasteiger partial charge on any atom is 0.205 e. The minimum Gasteiger partial charge on any atom is -0.179 e. The molecule has 2 nitrogen and oxygen atoms in total. The Morgan fingerprint density at radius 1 is 1.38 bits per heavy atom. The summed E-state index contributed by atoms with van der Waals surface area (Å²) >= 11 is 0. The first kappa shape index (κ1) is 9.21. The van der Waals surface area contributed by atoms with Gasteiger partial charge in [-0.2, -0.15) is 10.3 Å². The van der Waals surface area contributed by atoms with Crippen LogP contribution in [-0.4, -0.2) is 5.71 Å². The predicted octanol–water partition coefficient (Wildman–Crippen LogP) is 2.64. The van der Waals surface area contributed by atoms with Crippen LogP contribution in [0.2, 0.25) is 0 Å². The molecule has 1 aromatic rings. The van der Waals surface area contributed by atoms with Crippen LogP contribution in [0.25, 0.3) is 6.08 Å². The van der Waals surface area contributed by atoms with Gasteiger partial charge in [0.15, 0.2) is 0 Å². The number of hydrogen-bond donors (Lipinski definition) is 0. The van der Waals surface area contributed by atoms with E-state index in [2.05, 4.69) is 4.99 Å². The largest absolute Gasteiger partial charge is 0.205 e. The molecule has 0 unspecified atom stereocenters. The molecule has 0 spiro atoms. The SMILES string of the molecule is CC(/C=C/c1ccccc1)=NC#N. The summed E-state index contributed by atoms with van der Waals surface area (Å²) in [6.45, 7) is 1.79. The normalized spacial score (nSPS) is 11.5. The Bertz CT molecular complexity index is 355. The summed E-state index contributed by atoms with van der Waals surface area (Å²) in [5, 5.41) is 8.26. The molecule has 0 saturated carbocycles. The van der Waals surface area contributed by atoms with Gasteiger partial charge in [-0.1, -0.05) is 36.4 Å². The highest BCUT2D eigenvalue weighted by Crippen LogP contribution is 2.00. The van der Waals surface area contributed by atoms with Crippen LogP contribution in [0.5, 0.6) is 0 Å². The molecular formula is C11H10N2. The first-order valence-electron chi connectivity index (χ1n) is 3.99. The van der Waals surface area contributed by atoms with E-state index >= 15 is 0 Å². The first-order chi connectivity index (χ1) is 6.33. The van der Waals surface area contributed by atoms with Crippen LogP contribution in [0.1, 0.15) is 12.5 Å². The van der Waals surface area contributed by atoms with E-state index in [1.807, 2.05) is 42.5 Å². The van der Waals surface area contributed by atoms with Crippen molar-refractivity contribution in [1.29, 1.82) is 5.26 Å². The molecule has 2 heteroatoms. The van der Waals surface area contributed by atoms with Crippen LogP contribution in [0.3, 0.4) is 0 Å². The summed E-state index contributed by atoms with van der Waals surface area (Å²) in [5.74, 6) is 0. The van der Waals surface area contributed by atoms with E-state index in [-0.39, 0.29) is 0 Å². The Labute approximate surface area is 77.9 Å². The fraction of sp³-hybridized carbons (Fsp3) is 0.0909. The molecule has 0 N–H and O–H groups in total. The van der Waals surface area contributed by atoms with Crippen LogP contribution in [-0.2, 0) is 0 Å². The highest BCUT2D eigenvalue weighted by atomic mass is 14.7. The molecule has 0 fully saturated rings. The van der Waals surface area contributed by atoms with E-state index < -0.39 is 0 Å². The molecule has 0 amide bonds. The van der Waals surface area contributed by atoms with E-state index in [1.54, 1.807) is 13.1 Å². The number of aliphatic imine (C=N–C) groups is 1. The molecule has 64 valence electrons. The lowest BCUT2D eigenvalue weighted by Gasteiger charge is -1.90. The van der Waals surface area contributed by atoms with Gasteiger partial charge in [-0.05, 0) is 18.6 Å². The zero-order chi connectivity index (χ0) is 9.52. The van der Waals surface area contributed by atoms with Crippen molar-refractivity contribution in [3.8, 4) is 6.19 Å². The number of benzene rings is 1. The zero-order valence-corrected chi connectivity index (χ0v) is 7.44. The third kappa shape index (κ3) is 3.35. The van der Waals surface area contributed by atoms with Gasteiger partial charge in [0.1, 0.15) is 0 Å². The van der Waals surface area contributed by atoms with E-state index in [1.165, 1.54) is 0 Å². The van der Waals surface area contributed by atoms with E-state index in [0.29, 0.717) is 5.71 Å². The summed E-state index contributed by atoms with van der Waals surface area (Å²) in [7, 11) is 0. The second-order valence-electron chi connectivity index (χ2n) is 2.60. The molecular weight excluding hydrogens is 160 g/mol.